The molecule has 1 aliphatic rings. The van der Waals surface area contributed by atoms with E-state index in [0.717, 1.165) is 48.2 Å². The first-order valence-electron chi connectivity index (χ1n) is 9.40. The Morgan fingerprint density at radius 1 is 1.27 bits per heavy atom. The summed E-state index contributed by atoms with van der Waals surface area (Å²) in [6, 6.07) is 2.16. The lowest BCUT2D eigenvalue weighted by Gasteiger charge is -2.17. The number of aliphatic carboxylic acids is 1. The summed E-state index contributed by atoms with van der Waals surface area (Å²) in [6.45, 7) is 8.62. The number of aryl methyl sites for hydroxylation is 2. The zero-order chi connectivity index (χ0) is 19.0. The van der Waals surface area contributed by atoms with Gasteiger partial charge in [-0.3, -0.25) is 9.48 Å². The number of aromatic nitrogens is 2. The van der Waals surface area contributed by atoms with Gasteiger partial charge in [-0.05, 0) is 61.3 Å². The van der Waals surface area contributed by atoms with Crippen molar-refractivity contribution < 1.29 is 15.0 Å². The summed E-state index contributed by atoms with van der Waals surface area (Å²) in [7, 11) is 0. The number of hydrogen-bond donors (Lipinski definition) is 2. The Kier molecular flexibility index (Phi) is 5.08. The molecule has 26 heavy (non-hydrogen) atoms. The second-order valence-corrected chi connectivity index (χ2v) is 7.63. The lowest BCUT2D eigenvalue weighted by Crippen LogP contribution is -2.08. The first kappa shape index (κ1) is 18.5. The molecule has 5 heteroatoms. The summed E-state index contributed by atoms with van der Waals surface area (Å²) in [5, 5.41) is 24.1. The summed E-state index contributed by atoms with van der Waals surface area (Å²) in [6.07, 6.45) is 3.92. The maximum absolute atomic E-state index is 10.9. The number of carbonyl (C=O) groups is 1. The van der Waals surface area contributed by atoms with Crippen LogP contribution in [0.15, 0.2) is 6.07 Å². The average Bonchev–Trinajstić information content (AvgIpc) is 3.15. The van der Waals surface area contributed by atoms with Gasteiger partial charge in [0.1, 0.15) is 5.75 Å². The molecule has 0 saturated carbocycles. The van der Waals surface area contributed by atoms with E-state index in [0.29, 0.717) is 12.3 Å². The summed E-state index contributed by atoms with van der Waals surface area (Å²) in [4.78, 5) is 10.9. The molecule has 0 bridgehead atoms. The smallest absolute Gasteiger partial charge is 0.305 e. The number of fused-ring (bicyclic) bond motifs is 1. The van der Waals surface area contributed by atoms with E-state index in [1.54, 1.807) is 0 Å². The van der Waals surface area contributed by atoms with Crippen molar-refractivity contribution in [3.63, 3.8) is 0 Å². The molecule has 0 fully saturated rings. The van der Waals surface area contributed by atoms with Crippen molar-refractivity contribution in [1.82, 2.24) is 9.78 Å². The van der Waals surface area contributed by atoms with Crippen LogP contribution < -0.4 is 0 Å². The normalized spacial score (nSPS) is 13.4. The van der Waals surface area contributed by atoms with Gasteiger partial charge in [0, 0.05) is 17.7 Å². The van der Waals surface area contributed by atoms with Crippen molar-refractivity contribution in [3.05, 3.63) is 45.3 Å². The van der Waals surface area contributed by atoms with Crippen molar-refractivity contribution >= 4 is 5.97 Å². The van der Waals surface area contributed by atoms with E-state index in [9.17, 15) is 9.90 Å². The highest BCUT2D eigenvalue weighted by Crippen LogP contribution is 2.39. The topological polar surface area (TPSA) is 75.4 Å². The Labute approximate surface area is 154 Å². The monoisotopic (exact) mass is 356 g/mol. The Bertz CT molecular complexity index is 850. The fraction of sp³-hybridized carbons (Fsp3) is 0.524. The molecular formula is C21H28N2O3. The fourth-order valence-electron chi connectivity index (χ4n) is 4.07. The lowest BCUT2D eigenvalue weighted by atomic mass is 9.89. The molecule has 1 aromatic heterocycles. The Balaban J connectivity index is 1.98. The number of hydrogen-bond acceptors (Lipinski definition) is 3. The van der Waals surface area contributed by atoms with Crippen molar-refractivity contribution in [3.8, 4) is 5.75 Å². The Hall–Kier alpha value is -2.30. The Morgan fingerprint density at radius 2 is 1.96 bits per heavy atom. The molecular weight excluding hydrogens is 328 g/mol. The third kappa shape index (κ3) is 3.35. The van der Waals surface area contributed by atoms with Crippen LogP contribution in [0.3, 0.4) is 0 Å². The van der Waals surface area contributed by atoms with Gasteiger partial charge in [-0.25, -0.2) is 0 Å². The van der Waals surface area contributed by atoms with Crippen LogP contribution in [0.25, 0.3) is 0 Å². The van der Waals surface area contributed by atoms with Gasteiger partial charge in [-0.15, -0.1) is 0 Å². The molecule has 2 N–H and O–H groups in total. The highest BCUT2D eigenvalue weighted by atomic mass is 16.4. The SMILES string of the molecule is Cc1nn(CCC(=O)O)c(C)c1Cc1cc(C(C)C)c(O)c2c1CCC2. The molecule has 0 amide bonds. The van der Waals surface area contributed by atoms with Gasteiger partial charge in [-0.1, -0.05) is 19.9 Å². The zero-order valence-corrected chi connectivity index (χ0v) is 16.1. The van der Waals surface area contributed by atoms with E-state index >= 15 is 0 Å². The molecule has 0 unspecified atom stereocenters. The van der Waals surface area contributed by atoms with Crippen molar-refractivity contribution in [2.24, 2.45) is 0 Å². The third-order valence-electron chi connectivity index (χ3n) is 5.55. The molecule has 0 aliphatic heterocycles. The van der Waals surface area contributed by atoms with Gasteiger partial charge < -0.3 is 10.2 Å². The average molecular weight is 356 g/mol. The predicted octanol–water partition coefficient (Wildman–Crippen LogP) is 3.88. The summed E-state index contributed by atoms with van der Waals surface area (Å²) >= 11 is 0. The van der Waals surface area contributed by atoms with Crippen molar-refractivity contribution in [1.29, 1.82) is 0 Å². The largest absolute Gasteiger partial charge is 0.507 e. The number of nitrogens with zero attached hydrogens (tertiary/aromatic N) is 2. The zero-order valence-electron chi connectivity index (χ0n) is 16.1. The van der Waals surface area contributed by atoms with E-state index < -0.39 is 5.97 Å². The molecule has 3 rings (SSSR count). The number of aromatic hydroxyl groups is 1. The number of carboxylic acid groups (broad SMARTS) is 1. The summed E-state index contributed by atoms with van der Waals surface area (Å²) in [5.74, 6) is -0.0426. The molecule has 2 aromatic rings. The number of rotatable bonds is 6. The summed E-state index contributed by atoms with van der Waals surface area (Å²) in [5.41, 5.74) is 7.89. The quantitative estimate of drug-likeness (QED) is 0.823. The van der Waals surface area contributed by atoms with Crippen LogP contribution in [-0.4, -0.2) is 26.0 Å². The van der Waals surface area contributed by atoms with E-state index in [2.05, 4.69) is 25.0 Å². The van der Waals surface area contributed by atoms with Crippen LogP contribution in [0.4, 0.5) is 0 Å². The number of benzene rings is 1. The maximum atomic E-state index is 10.9. The van der Waals surface area contributed by atoms with Crippen LogP contribution >= 0.6 is 0 Å². The molecule has 0 saturated heterocycles. The van der Waals surface area contributed by atoms with Gasteiger partial charge in [0.2, 0.25) is 0 Å². The summed E-state index contributed by atoms with van der Waals surface area (Å²) < 4.78 is 1.81. The van der Waals surface area contributed by atoms with Crippen LogP contribution in [-0.2, 0) is 30.6 Å². The number of carboxylic acids is 1. The molecule has 1 aromatic carbocycles. The highest BCUT2D eigenvalue weighted by Gasteiger charge is 2.24. The van der Waals surface area contributed by atoms with Crippen LogP contribution in [0, 0.1) is 13.8 Å². The minimum absolute atomic E-state index is 0.0769. The second-order valence-electron chi connectivity index (χ2n) is 7.63. The van der Waals surface area contributed by atoms with Gasteiger partial charge in [-0.2, -0.15) is 5.10 Å². The van der Waals surface area contributed by atoms with Crippen LogP contribution in [0.2, 0.25) is 0 Å². The minimum atomic E-state index is -0.808. The molecule has 1 heterocycles. The minimum Gasteiger partial charge on any atom is -0.507 e. The number of phenolic OH excluding ortho intramolecular Hbond substituents is 1. The van der Waals surface area contributed by atoms with Crippen molar-refractivity contribution in [2.75, 3.05) is 0 Å². The Morgan fingerprint density at radius 3 is 2.62 bits per heavy atom. The fourth-order valence-corrected chi connectivity index (χ4v) is 4.07. The van der Waals surface area contributed by atoms with Gasteiger partial charge in [0.05, 0.1) is 18.7 Å². The highest BCUT2D eigenvalue weighted by molar-refractivity contribution is 5.66. The standard InChI is InChI=1S/C21H28N2O3/c1-12(2)18-10-15(16-6-5-7-17(16)21(18)26)11-19-13(3)22-23(14(19)4)9-8-20(24)25/h10,12,26H,5-9,11H2,1-4H3,(H,24,25). The first-order chi connectivity index (χ1) is 12.3. The number of phenols is 1. The lowest BCUT2D eigenvalue weighted by molar-refractivity contribution is -0.137. The van der Waals surface area contributed by atoms with E-state index in [1.165, 1.54) is 16.7 Å². The van der Waals surface area contributed by atoms with Gasteiger partial charge in [0.25, 0.3) is 0 Å². The van der Waals surface area contributed by atoms with Crippen molar-refractivity contribution in [2.45, 2.75) is 72.3 Å². The van der Waals surface area contributed by atoms with Gasteiger partial charge in [0.15, 0.2) is 0 Å². The third-order valence-corrected chi connectivity index (χ3v) is 5.55. The van der Waals surface area contributed by atoms with Crippen LogP contribution in [0.5, 0.6) is 5.75 Å². The first-order valence-corrected chi connectivity index (χ1v) is 9.40. The van der Waals surface area contributed by atoms with E-state index in [-0.39, 0.29) is 12.3 Å². The van der Waals surface area contributed by atoms with E-state index in [4.69, 9.17) is 5.11 Å². The molecule has 140 valence electrons. The van der Waals surface area contributed by atoms with E-state index in [1.807, 2.05) is 18.5 Å². The molecule has 1 aliphatic carbocycles. The maximum Gasteiger partial charge on any atom is 0.305 e. The predicted molar refractivity (Wildman–Crippen MR) is 101 cm³/mol. The molecule has 5 nitrogen and oxygen atoms in total. The van der Waals surface area contributed by atoms with Gasteiger partial charge >= 0.3 is 5.97 Å². The van der Waals surface area contributed by atoms with Crippen LogP contribution in [0.1, 0.15) is 71.8 Å². The second kappa shape index (κ2) is 7.14. The molecule has 0 radical (unpaired) electrons. The molecule has 0 spiro atoms. The molecule has 0 atom stereocenters.